The van der Waals surface area contributed by atoms with Crippen LogP contribution >= 0.6 is 44.2 Å². The maximum Gasteiger partial charge on any atom is 0.212 e. The van der Waals surface area contributed by atoms with E-state index in [1.807, 2.05) is 6.92 Å². The largest absolute Gasteiger partial charge is 0.292 e. The highest BCUT2D eigenvalue weighted by molar-refractivity contribution is 9.09. The first kappa shape index (κ1) is 11.8. The van der Waals surface area contributed by atoms with Crippen molar-refractivity contribution >= 4 is 55.0 Å². The second-order valence-electron chi connectivity index (χ2n) is 2.53. The molecule has 4 nitrogen and oxygen atoms in total. The van der Waals surface area contributed by atoms with Crippen molar-refractivity contribution in [2.45, 2.75) is 6.92 Å². The molecule has 0 atom stereocenters. The Labute approximate surface area is 103 Å². The number of alkyl halides is 1. The molecule has 0 aliphatic heterocycles. The molecule has 2 rings (SSSR count). The van der Waals surface area contributed by atoms with Gasteiger partial charge in [-0.3, -0.25) is 4.79 Å². The predicted octanol–water partition coefficient (Wildman–Crippen LogP) is 2.25. The number of nitrogens with zero attached hydrogens (tertiary/aromatic N) is 3. The minimum Gasteiger partial charge on any atom is -0.292 e. The molecule has 0 aliphatic rings. The van der Waals surface area contributed by atoms with Crippen molar-refractivity contribution in [1.82, 2.24) is 14.6 Å². The fourth-order valence-electron chi connectivity index (χ4n) is 1.11. The lowest BCUT2D eigenvalue weighted by Gasteiger charge is -1.92. The molecule has 0 amide bonds. The summed E-state index contributed by atoms with van der Waals surface area (Å²) >= 11 is 4.51. The Morgan fingerprint density at radius 3 is 3.00 bits per heavy atom. The number of carbonyl (C=O) groups excluding carboxylic acids is 1. The van der Waals surface area contributed by atoms with Crippen LogP contribution in [-0.4, -0.2) is 25.7 Å². The van der Waals surface area contributed by atoms with Gasteiger partial charge in [0.05, 0.1) is 15.9 Å². The SMILES string of the molecule is Br.Cc1c(C(=O)CBr)sc2ncnn12. The zero-order valence-corrected chi connectivity index (χ0v) is 11.3. The van der Waals surface area contributed by atoms with Crippen molar-refractivity contribution in [3.05, 3.63) is 16.9 Å². The summed E-state index contributed by atoms with van der Waals surface area (Å²) in [6.07, 6.45) is 1.49. The summed E-state index contributed by atoms with van der Waals surface area (Å²) in [7, 11) is 0. The number of rotatable bonds is 2. The molecule has 2 aromatic heterocycles. The van der Waals surface area contributed by atoms with Gasteiger partial charge in [0, 0.05) is 0 Å². The number of hydrogen-bond acceptors (Lipinski definition) is 4. The maximum atomic E-state index is 11.4. The van der Waals surface area contributed by atoms with Gasteiger partial charge in [-0.25, -0.2) is 9.50 Å². The van der Waals surface area contributed by atoms with E-state index in [0.29, 0.717) is 5.33 Å². The van der Waals surface area contributed by atoms with E-state index in [2.05, 4.69) is 26.0 Å². The minimum atomic E-state index is 0. The lowest BCUT2D eigenvalue weighted by atomic mass is 10.3. The maximum absolute atomic E-state index is 11.4. The quantitative estimate of drug-likeness (QED) is 0.622. The van der Waals surface area contributed by atoms with E-state index in [1.54, 1.807) is 4.52 Å². The number of aromatic nitrogens is 3. The molecule has 0 saturated carbocycles. The first-order chi connectivity index (χ1) is 6.24. The van der Waals surface area contributed by atoms with Crippen LogP contribution in [0.5, 0.6) is 0 Å². The van der Waals surface area contributed by atoms with Crippen LogP contribution in [0.2, 0.25) is 0 Å². The third-order valence-electron chi connectivity index (χ3n) is 1.73. The highest BCUT2D eigenvalue weighted by Gasteiger charge is 2.15. The molecule has 0 saturated heterocycles. The van der Waals surface area contributed by atoms with Crippen LogP contribution in [0.25, 0.3) is 4.96 Å². The van der Waals surface area contributed by atoms with E-state index in [-0.39, 0.29) is 22.8 Å². The van der Waals surface area contributed by atoms with Gasteiger partial charge in [0.15, 0.2) is 5.78 Å². The number of Topliss-reactive ketones (excluding diaryl/α,β-unsaturated/α-hetero) is 1. The molecule has 2 aromatic rings. The Balaban J connectivity index is 0.000000980. The molecule has 0 bridgehead atoms. The second-order valence-corrected chi connectivity index (χ2v) is 4.07. The highest BCUT2D eigenvalue weighted by Crippen LogP contribution is 2.21. The zero-order valence-electron chi connectivity index (χ0n) is 7.23. The third kappa shape index (κ3) is 1.76. The van der Waals surface area contributed by atoms with E-state index < -0.39 is 0 Å². The molecule has 7 heteroatoms. The summed E-state index contributed by atoms with van der Waals surface area (Å²) in [5.41, 5.74) is 0.863. The summed E-state index contributed by atoms with van der Waals surface area (Å²) in [5, 5.41) is 4.35. The average molecular weight is 341 g/mol. The first-order valence-electron chi connectivity index (χ1n) is 3.62. The molecular formula is C7H7Br2N3OS. The Hall–Kier alpha value is -0.270. The van der Waals surface area contributed by atoms with Gasteiger partial charge >= 0.3 is 0 Å². The van der Waals surface area contributed by atoms with Gasteiger partial charge in [0.1, 0.15) is 6.33 Å². The number of aryl methyl sites for hydroxylation is 1. The van der Waals surface area contributed by atoms with Crippen LogP contribution in [0.4, 0.5) is 0 Å². The number of halogens is 2. The van der Waals surface area contributed by atoms with Crippen LogP contribution in [0.3, 0.4) is 0 Å². The molecular weight excluding hydrogens is 334 g/mol. The van der Waals surface area contributed by atoms with E-state index in [9.17, 15) is 4.79 Å². The topological polar surface area (TPSA) is 47.3 Å². The molecule has 0 aliphatic carbocycles. The van der Waals surface area contributed by atoms with Gasteiger partial charge in [0.25, 0.3) is 0 Å². The van der Waals surface area contributed by atoms with E-state index >= 15 is 0 Å². The van der Waals surface area contributed by atoms with Crippen molar-refractivity contribution < 1.29 is 4.79 Å². The monoisotopic (exact) mass is 339 g/mol. The number of hydrogen-bond donors (Lipinski definition) is 0. The van der Waals surface area contributed by atoms with Crippen LogP contribution in [-0.2, 0) is 0 Å². The number of thiazole rings is 1. The summed E-state index contributed by atoms with van der Waals surface area (Å²) in [6, 6.07) is 0. The van der Waals surface area contributed by atoms with E-state index in [1.165, 1.54) is 17.7 Å². The minimum absolute atomic E-state index is 0. The zero-order chi connectivity index (χ0) is 9.42. The lowest BCUT2D eigenvalue weighted by Crippen LogP contribution is -2.00. The van der Waals surface area contributed by atoms with Crippen molar-refractivity contribution in [2.75, 3.05) is 5.33 Å². The smallest absolute Gasteiger partial charge is 0.212 e. The van der Waals surface area contributed by atoms with Crippen molar-refractivity contribution in [1.29, 1.82) is 0 Å². The molecule has 76 valence electrons. The van der Waals surface area contributed by atoms with Crippen molar-refractivity contribution in [3.8, 4) is 0 Å². The molecule has 0 unspecified atom stereocenters. The Morgan fingerprint density at radius 2 is 2.43 bits per heavy atom. The molecule has 2 heterocycles. The van der Waals surface area contributed by atoms with E-state index in [0.717, 1.165) is 15.5 Å². The molecule has 0 spiro atoms. The molecule has 0 N–H and O–H groups in total. The summed E-state index contributed by atoms with van der Waals surface area (Å²) < 4.78 is 1.68. The number of carbonyl (C=O) groups is 1. The Morgan fingerprint density at radius 1 is 1.71 bits per heavy atom. The Bertz CT molecular complexity index is 464. The van der Waals surface area contributed by atoms with E-state index in [4.69, 9.17) is 0 Å². The number of ketones is 1. The van der Waals surface area contributed by atoms with Crippen LogP contribution in [0.1, 0.15) is 15.4 Å². The third-order valence-corrected chi connectivity index (χ3v) is 3.43. The van der Waals surface area contributed by atoms with Crippen LogP contribution in [0, 0.1) is 6.92 Å². The van der Waals surface area contributed by atoms with Gasteiger partial charge in [-0.1, -0.05) is 27.3 Å². The lowest BCUT2D eigenvalue weighted by molar-refractivity contribution is 0.102. The van der Waals surface area contributed by atoms with Crippen LogP contribution < -0.4 is 0 Å². The Kier molecular flexibility index (Phi) is 3.79. The van der Waals surface area contributed by atoms with Gasteiger partial charge in [-0.2, -0.15) is 5.10 Å². The van der Waals surface area contributed by atoms with Gasteiger partial charge in [-0.15, -0.1) is 17.0 Å². The molecule has 14 heavy (non-hydrogen) atoms. The summed E-state index contributed by atoms with van der Waals surface area (Å²) in [6.45, 7) is 1.87. The molecule has 0 aromatic carbocycles. The van der Waals surface area contributed by atoms with Gasteiger partial charge in [0.2, 0.25) is 4.96 Å². The van der Waals surface area contributed by atoms with Gasteiger partial charge < -0.3 is 0 Å². The van der Waals surface area contributed by atoms with Crippen molar-refractivity contribution in [2.24, 2.45) is 0 Å². The summed E-state index contributed by atoms with van der Waals surface area (Å²) in [4.78, 5) is 16.9. The molecule has 0 radical (unpaired) electrons. The van der Waals surface area contributed by atoms with Crippen LogP contribution in [0.15, 0.2) is 6.33 Å². The fraction of sp³-hybridized carbons (Fsp3) is 0.286. The van der Waals surface area contributed by atoms with Crippen molar-refractivity contribution in [3.63, 3.8) is 0 Å². The highest BCUT2D eigenvalue weighted by atomic mass is 79.9. The first-order valence-corrected chi connectivity index (χ1v) is 5.56. The predicted molar refractivity (Wildman–Crippen MR) is 64.0 cm³/mol. The molecule has 0 fully saturated rings. The summed E-state index contributed by atoms with van der Waals surface area (Å²) in [5.74, 6) is 0.0785. The normalized spacial score (nSPS) is 10.1. The van der Waals surface area contributed by atoms with Gasteiger partial charge in [-0.05, 0) is 6.92 Å². The number of fused-ring (bicyclic) bond motifs is 1. The standard InChI is InChI=1S/C7H6BrN3OS.BrH/c1-4-6(5(12)2-8)13-7-9-3-10-11(4)7;/h3H,2H2,1H3;1H. The fourth-order valence-corrected chi connectivity index (χ4v) is 2.55. The second kappa shape index (κ2) is 4.50. The average Bonchev–Trinajstić information content (AvgIpc) is 2.68.